The van der Waals surface area contributed by atoms with Crippen molar-refractivity contribution in [3.05, 3.63) is 47.0 Å². The Bertz CT molecular complexity index is 996. The number of aromatic nitrogens is 2. The number of hydrogen-bond donors (Lipinski definition) is 2. The highest BCUT2D eigenvalue weighted by Crippen LogP contribution is 2.30. The van der Waals surface area contributed by atoms with E-state index in [1.165, 1.54) is 18.2 Å². The van der Waals surface area contributed by atoms with Gasteiger partial charge in [-0.3, -0.25) is 14.9 Å². The van der Waals surface area contributed by atoms with E-state index in [-0.39, 0.29) is 29.2 Å². The quantitative estimate of drug-likeness (QED) is 0.382. The van der Waals surface area contributed by atoms with Crippen LogP contribution in [0.2, 0.25) is 0 Å². The van der Waals surface area contributed by atoms with Crippen LogP contribution in [-0.4, -0.2) is 32.3 Å². The molecule has 1 heterocycles. The van der Waals surface area contributed by atoms with E-state index in [1.807, 2.05) is 0 Å². The minimum atomic E-state index is -3.14. The maximum absolute atomic E-state index is 13.9. The van der Waals surface area contributed by atoms with Crippen molar-refractivity contribution in [1.82, 2.24) is 15.3 Å². The van der Waals surface area contributed by atoms with Gasteiger partial charge < -0.3 is 10.1 Å². The number of rotatable bonds is 8. The van der Waals surface area contributed by atoms with Crippen molar-refractivity contribution < 1.29 is 27.5 Å². The van der Waals surface area contributed by atoms with E-state index in [0.717, 1.165) is 41.5 Å². The van der Waals surface area contributed by atoms with Crippen LogP contribution in [0.4, 0.5) is 19.1 Å². The highest BCUT2D eigenvalue weighted by molar-refractivity contribution is 14.1. The van der Waals surface area contributed by atoms with E-state index in [1.54, 1.807) is 13.8 Å². The molecule has 31 heavy (non-hydrogen) atoms. The standard InChI is InChI=1S/C20H20F3IN4O3/c1-10-7-15(27-19(25-10)28-17(29)12-3-4-12)18(30)26-11(2)13-5-6-14(21)16(8-13)31-9-20(22,23)24/h5-8,11-12H,3-4,9H2,1-2H3,(H,26,30)(H,25,27,28,29). The Morgan fingerprint density at radius 1 is 1.29 bits per heavy atom. The van der Waals surface area contributed by atoms with E-state index in [0.29, 0.717) is 11.3 Å². The van der Waals surface area contributed by atoms with Crippen LogP contribution >= 0.6 is 22.6 Å². The van der Waals surface area contributed by atoms with Gasteiger partial charge in [-0.25, -0.2) is 14.4 Å². The van der Waals surface area contributed by atoms with Crippen LogP contribution in [0.3, 0.4) is 0 Å². The molecule has 1 aromatic carbocycles. The largest absolute Gasteiger partial charge is 0.483 e. The number of nitrogens with zero attached hydrogens (tertiary/aromatic N) is 2. The van der Waals surface area contributed by atoms with E-state index < -0.39 is 28.3 Å². The molecule has 0 radical (unpaired) electrons. The molecule has 2 aromatic rings. The van der Waals surface area contributed by atoms with E-state index >= 15 is 0 Å². The van der Waals surface area contributed by atoms with Crippen molar-refractivity contribution in [2.45, 2.75) is 36.7 Å². The van der Waals surface area contributed by atoms with Crippen molar-refractivity contribution in [1.29, 1.82) is 0 Å². The normalized spacial score (nSPS) is 14.6. The zero-order valence-electron chi connectivity index (χ0n) is 16.7. The zero-order valence-corrected chi connectivity index (χ0v) is 18.9. The number of alkyl halides is 3. The number of halogens is 4. The number of amides is 2. The molecule has 1 saturated carbocycles. The van der Waals surface area contributed by atoms with Crippen molar-refractivity contribution in [3.8, 4) is 5.75 Å². The fourth-order valence-corrected chi connectivity index (χ4v) is 2.87. The molecule has 0 bridgehead atoms. The maximum Gasteiger partial charge on any atom is 0.329 e. The molecule has 11 heteroatoms. The number of benzene rings is 1. The first-order valence-corrected chi connectivity index (χ1v) is 10.6. The molecule has 1 fully saturated rings. The lowest BCUT2D eigenvalue weighted by atomic mass is 10.1. The van der Waals surface area contributed by atoms with E-state index in [4.69, 9.17) is 4.74 Å². The number of anilines is 1. The van der Waals surface area contributed by atoms with Crippen LogP contribution in [0.15, 0.2) is 24.3 Å². The first-order valence-electron chi connectivity index (χ1n) is 9.48. The van der Waals surface area contributed by atoms with Gasteiger partial charge in [-0.1, -0.05) is 6.07 Å². The van der Waals surface area contributed by atoms with Gasteiger partial charge in [0.1, 0.15) is 5.69 Å². The van der Waals surface area contributed by atoms with Gasteiger partial charge in [0.15, 0.2) is 18.2 Å². The van der Waals surface area contributed by atoms with Crippen LogP contribution < -0.4 is 15.4 Å². The average molecular weight is 548 g/mol. The Morgan fingerprint density at radius 3 is 2.65 bits per heavy atom. The highest BCUT2D eigenvalue weighted by atomic mass is 127. The second-order valence-electron chi connectivity index (χ2n) is 7.27. The Labute approximate surface area is 190 Å². The Kier molecular flexibility index (Phi) is 7.02. The van der Waals surface area contributed by atoms with Crippen molar-refractivity contribution in [2.75, 3.05) is 11.9 Å². The van der Waals surface area contributed by atoms with Crippen LogP contribution in [0, 0.1) is 18.7 Å². The molecule has 2 N–H and O–H groups in total. The highest BCUT2D eigenvalue weighted by Gasteiger charge is 2.30. The molecular weight excluding hydrogens is 528 g/mol. The Balaban J connectivity index is 1.70. The van der Waals surface area contributed by atoms with Crippen LogP contribution in [0.25, 0.3) is 0 Å². The molecule has 1 aliphatic carbocycles. The van der Waals surface area contributed by atoms with Gasteiger partial charge in [-0.2, -0.15) is 8.78 Å². The second kappa shape index (κ2) is 9.37. The molecule has 166 valence electrons. The summed E-state index contributed by atoms with van der Waals surface area (Å²) in [5.74, 6) is -1.83. The number of carbonyl (C=O) groups is 2. The van der Waals surface area contributed by atoms with Crippen LogP contribution in [0.5, 0.6) is 5.75 Å². The molecule has 1 aromatic heterocycles. The van der Waals surface area contributed by atoms with Crippen molar-refractivity contribution >= 4 is 40.4 Å². The molecule has 7 nitrogen and oxygen atoms in total. The number of hydrogen-bond acceptors (Lipinski definition) is 5. The minimum Gasteiger partial charge on any atom is -0.483 e. The number of carbonyl (C=O) groups excluding carboxylic acids is 2. The molecule has 2 amide bonds. The minimum absolute atomic E-state index is 0.0385. The summed E-state index contributed by atoms with van der Waals surface area (Å²) < 4.78 is 41.6. The van der Waals surface area contributed by atoms with Crippen molar-refractivity contribution in [2.24, 2.45) is 5.92 Å². The third-order valence-electron chi connectivity index (χ3n) is 4.46. The molecule has 0 spiro atoms. The Morgan fingerprint density at radius 2 is 2.00 bits per heavy atom. The first-order chi connectivity index (χ1) is 14.5. The summed E-state index contributed by atoms with van der Waals surface area (Å²) in [5, 5.41) is 5.31. The number of aryl methyl sites for hydroxylation is 1. The zero-order chi connectivity index (χ0) is 22.8. The molecule has 0 saturated heterocycles. The number of nitrogens with one attached hydrogen (secondary N) is 2. The summed E-state index contributed by atoms with van der Waals surface area (Å²) in [6, 6.07) is 4.63. The molecule has 1 unspecified atom stereocenters. The molecular formula is C20H20F3IN4O3. The monoisotopic (exact) mass is 548 g/mol. The van der Waals surface area contributed by atoms with E-state index in [9.17, 15) is 22.8 Å². The maximum atomic E-state index is 13.9. The lowest BCUT2D eigenvalue weighted by Crippen LogP contribution is -2.28. The van der Waals surface area contributed by atoms with Gasteiger partial charge in [-0.15, -0.1) is 0 Å². The summed E-state index contributed by atoms with van der Waals surface area (Å²) in [7, 11) is 0. The van der Waals surface area contributed by atoms with Gasteiger partial charge >= 0.3 is 3.93 Å². The molecule has 1 aliphatic rings. The van der Waals surface area contributed by atoms with Crippen LogP contribution in [0.1, 0.15) is 47.6 Å². The fraction of sp³-hybridized carbons (Fsp3) is 0.400. The topological polar surface area (TPSA) is 93.2 Å². The third kappa shape index (κ3) is 6.77. The second-order valence-corrected chi connectivity index (χ2v) is 8.85. The van der Waals surface area contributed by atoms with Gasteiger partial charge in [-0.05, 0) is 50.5 Å². The average Bonchev–Trinajstić information content (AvgIpc) is 3.51. The fourth-order valence-electron chi connectivity index (χ4n) is 2.71. The van der Waals surface area contributed by atoms with E-state index in [2.05, 4.69) is 20.6 Å². The molecule has 1 atom stereocenters. The predicted molar refractivity (Wildman–Crippen MR) is 115 cm³/mol. The summed E-state index contributed by atoms with van der Waals surface area (Å²) >= 11 is 0.903. The first kappa shape index (κ1) is 23.2. The van der Waals surface area contributed by atoms with Crippen LogP contribution in [-0.2, 0) is 4.79 Å². The lowest BCUT2D eigenvalue weighted by Gasteiger charge is -2.17. The summed E-state index contributed by atoms with van der Waals surface area (Å²) in [4.78, 5) is 32.8. The van der Waals surface area contributed by atoms with Crippen molar-refractivity contribution in [3.63, 3.8) is 0 Å². The van der Waals surface area contributed by atoms with Gasteiger partial charge in [0, 0.05) is 34.2 Å². The predicted octanol–water partition coefficient (Wildman–Crippen LogP) is 4.17. The molecule has 3 rings (SSSR count). The van der Waals surface area contributed by atoms with Gasteiger partial charge in [0.05, 0.1) is 6.04 Å². The SMILES string of the molecule is Cc1cc(C(=O)NC(C)c2ccc(F)c(OCC(F)(F)I)c2)nc(NC(=O)C2CC2)n1. The Hall–Kier alpha value is -2.44. The number of ether oxygens (including phenoxy) is 1. The summed E-state index contributed by atoms with van der Waals surface area (Å²) in [6.07, 6.45) is 1.64. The van der Waals surface area contributed by atoms with Gasteiger partial charge in [0.25, 0.3) is 5.91 Å². The lowest BCUT2D eigenvalue weighted by molar-refractivity contribution is -0.117. The summed E-state index contributed by atoms with van der Waals surface area (Å²) in [6.45, 7) is 2.33. The molecule has 0 aliphatic heterocycles. The summed E-state index contributed by atoms with van der Waals surface area (Å²) in [5.41, 5.74) is 0.999. The third-order valence-corrected chi connectivity index (χ3v) is 4.78. The smallest absolute Gasteiger partial charge is 0.329 e. The van der Waals surface area contributed by atoms with Gasteiger partial charge in [0.2, 0.25) is 11.9 Å².